The molecule has 0 spiro atoms. The van der Waals surface area contributed by atoms with Gasteiger partial charge in [0.25, 0.3) is 10.0 Å². The van der Waals surface area contributed by atoms with Gasteiger partial charge in [0.2, 0.25) is 5.82 Å². The smallest absolute Gasteiger partial charge is 0.265 e. The molecule has 10 heteroatoms. The number of hydrogen-bond acceptors (Lipinski definition) is 6. The molecular weight excluding hydrogens is 318 g/mol. The average molecular weight is 333 g/mol. The summed E-state index contributed by atoms with van der Waals surface area (Å²) >= 11 is 0. The van der Waals surface area contributed by atoms with Crippen molar-refractivity contribution in [3.05, 3.63) is 35.7 Å². The minimum atomic E-state index is -3.74. The lowest BCUT2D eigenvalue weighted by Crippen LogP contribution is -2.15. The molecule has 0 saturated carbocycles. The summed E-state index contributed by atoms with van der Waals surface area (Å²) in [5, 5.41) is 17.7. The highest BCUT2D eigenvalue weighted by atomic mass is 32.2. The highest BCUT2D eigenvalue weighted by molar-refractivity contribution is 7.92. The van der Waals surface area contributed by atoms with E-state index in [-0.39, 0.29) is 4.90 Å². The maximum absolute atomic E-state index is 12.6. The highest BCUT2D eigenvalue weighted by Gasteiger charge is 2.24. The minimum absolute atomic E-state index is 0.185. The van der Waals surface area contributed by atoms with E-state index in [0.717, 1.165) is 0 Å². The molecule has 0 aliphatic heterocycles. The molecule has 0 aliphatic rings. The van der Waals surface area contributed by atoms with Crippen LogP contribution in [0.25, 0.3) is 11.4 Å². The molecule has 2 N–H and O–H groups in total. The zero-order valence-corrected chi connectivity index (χ0v) is 13.6. The Morgan fingerprint density at radius 2 is 2.04 bits per heavy atom. The SMILES string of the molecule is Cc1nn(C)c(C)c1S(=O)(=O)Nc1cccc(-c2nn[nH]n2)c1. The molecule has 3 rings (SSSR count). The summed E-state index contributed by atoms with van der Waals surface area (Å²) in [5.41, 5.74) is 2.09. The quantitative estimate of drug-likeness (QED) is 0.736. The number of rotatable bonds is 4. The van der Waals surface area contributed by atoms with Gasteiger partial charge in [-0.25, -0.2) is 8.42 Å². The Morgan fingerprint density at radius 1 is 1.26 bits per heavy atom. The molecule has 9 nitrogen and oxygen atoms in total. The topological polar surface area (TPSA) is 118 Å². The third-order valence-corrected chi connectivity index (χ3v) is 5.06. The predicted molar refractivity (Wildman–Crippen MR) is 83.1 cm³/mol. The fraction of sp³-hybridized carbons (Fsp3) is 0.231. The van der Waals surface area contributed by atoms with Crippen LogP contribution in [0.15, 0.2) is 29.2 Å². The van der Waals surface area contributed by atoms with E-state index in [1.807, 2.05) is 0 Å². The molecule has 0 bridgehead atoms. The number of nitrogens with zero attached hydrogens (tertiary/aromatic N) is 5. The van der Waals surface area contributed by atoms with E-state index in [2.05, 4.69) is 30.4 Å². The van der Waals surface area contributed by atoms with E-state index in [1.165, 1.54) is 0 Å². The van der Waals surface area contributed by atoms with Crippen LogP contribution in [0, 0.1) is 13.8 Å². The lowest BCUT2D eigenvalue weighted by molar-refractivity contribution is 0.599. The van der Waals surface area contributed by atoms with E-state index < -0.39 is 10.0 Å². The molecule has 0 amide bonds. The normalized spacial score (nSPS) is 11.6. The first-order valence-corrected chi connectivity index (χ1v) is 8.23. The lowest BCUT2D eigenvalue weighted by Gasteiger charge is -2.09. The first-order chi connectivity index (χ1) is 10.9. The Labute approximate surface area is 132 Å². The Bertz CT molecular complexity index is 945. The Morgan fingerprint density at radius 3 is 2.65 bits per heavy atom. The standard InChI is InChI=1S/C13H15N7O2S/c1-8-12(9(2)20(3)16-8)23(21,22)17-11-6-4-5-10(7-11)13-14-18-19-15-13/h4-7,17H,1-3H3,(H,14,15,18,19). The number of benzene rings is 1. The van der Waals surface area contributed by atoms with Crippen LogP contribution in [-0.2, 0) is 17.1 Å². The summed E-state index contributed by atoms with van der Waals surface area (Å²) in [7, 11) is -2.03. The second-order valence-electron chi connectivity index (χ2n) is 5.05. The fourth-order valence-electron chi connectivity index (χ4n) is 2.36. The summed E-state index contributed by atoms with van der Waals surface area (Å²) < 4.78 is 29.4. The monoisotopic (exact) mass is 333 g/mol. The summed E-state index contributed by atoms with van der Waals surface area (Å²) in [5.74, 6) is 0.389. The number of tetrazole rings is 1. The van der Waals surface area contributed by atoms with Crippen molar-refractivity contribution in [2.45, 2.75) is 18.7 Å². The first-order valence-electron chi connectivity index (χ1n) is 6.75. The van der Waals surface area contributed by atoms with Gasteiger partial charge in [-0.1, -0.05) is 12.1 Å². The predicted octanol–water partition coefficient (Wildman–Crippen LogP) is 1.02. The number of hydrogen-bond donors (Lipinski definition) is 2. The average Bonchev–Trinajstić information content (AvgIpc) is 3.08. The number of nitrogens with one attached hydrogen (secondary N) is 2. The van der Waals surface area contributed by atoms with Gasteiger partial charge in [0.1, 0.15) is 4.90 Å². The highest BCUT2D eigenvalue weighted by Crippen LogP contribution is 2.24. The van der Waals surface area contributed by atoms with Crippen molar-refractivity contribution in [2.24, 2.45) is 7.05 Å². The number of H-pyrrole nitrogens is 1. The summed E-state index contributed by atoms with van der Waals surface area (Å²) in [6.45, 7) is 3.38. The molecule has 0 atom stereocenters. The number of anilines is 1. The van der Waals surface area contributed by atoms with Crippen LogP contribution in [0.1, 0.15) is 11.4 Å². The van der Waals surface area contributed by atoms with Gasteiger partial charge < -0.3 is 0 Å². The summed E-state index contributed by atoms with van der Waals surface area (Å²) in [6, 6.07) is 6.78. The summed E-state index contributed by atoms with van der Waals surface area (Å²) in [6.07, 6.45) is 0. The van der Waals surface area contributed by atoms with Crippen LogP contribution in [0.4, 0.5) is 5.69 Å². The van der Waals surface area contributed by atoms with Crippen LogP contribution in [-0.4, -0.2) is 38.8 Å². The van der Waals surface area contributed by atoms with Gasteiger partial charge >= 0.3 is 0 Å². The third kappa shape index (κ3) is 2.80. The molecule has 0 aliphatic carbocycles. The molecule has 23 heavy (non-hydrogen) atoms. The van der Waals surface area contributed by atoms with Crippen molar-refractivity contribution >= 4 is 15.7 Å². The van der Waals surface area contributed by atoms with E-state index in [1.54, 1.807) is 49.8 Å². The van der Waals surface area contributed by atoms with Crippen molar-refractivity contribution < 1.29 is 8.42 Å². The number of sulfonamides is 1. The van der Waals surface area contributed by atoms with Crippen molar-refractivity contribution in [3.8, 4) is 11.4 Å². The fourth-order valence-corrected chi connectivity index (χ4v) is 3.85. The molecule has 0 radical (unpaired) electrons. The molecule has 0 saturated heterocycles. The van der Waals surface area contributed by atoms with E-state index >= 15 is 0 Å². The molecule has 2 heterocycles. The van der Waals surface area contributed by atoms with Crippen LogP contribution in [0.3, 0.4) is 0 Å². The lowest BCUT2D eigenvalue weighted by atomic mass is 10.2. The second kappa shape index (κ2) is 5.47. The molecule has 0 unspecified atom stereocenters. The second-order valence-corrected chi connectivity index (χ2v) is 6.66. The molecule has 3 aromatic rings. The van der Waals surface area contributed by atoms with Gasteiger partial charge in [0, 0.05) is 18.3 Å². The van der Waals surface area contributed by atoms with Crippen molar-refractivity contribution in [2.75, 3.05) is 4.72 Å². The number of aromatic nitrogens is 6. The van der Waals surface area contributed by atoms with Crippen molar-refractivity contribution in [1.29, 1.82) is 0 Å². The van der Waals surface area contributed by atoms with Gasteiger partial charge in [0.05, 0.1) is 11.4 Å². The number of aromatic amines is 1. The molecule has 1 aromatic carbocycles. The van der Waals surface area contributed by atoms with Crippen LogP contribution < -0.4 is 4.72 Å². The van der Waals surface area contributed by atoms with E-state index in [4.69, 9.17) is 0 Å². The van der Waals surface area contributed by atoms with E-state index in [9.17, 15) is 8.42 Å². The molecule has 0 fully saturated rings. The van der Waals surface area contributed by atoms with Crippen molar-refractivity contribution in [3.63, 3.8) is 0 Å². The van der Waals surface area contributed by atoms with Crippen LogP contribution in [0.2, 0.25) is 0 Å². The Kier molecular flexibility index (Phi) is 3.60. The third-order valence-electron chi connectivity index (χ3n) is 3.43. The first kappa shape index (κ1) is 15.2. The van der Waals surface area contributed by atoms with Gasteiger partial charge in [-0.05, 0) is 31.2 Å². The van der Waals surface area contributed by atoms with Gasteiger partial charge in [-0.3, -0.25) is 9.40 Å². The van der Waals surface area contributed by atoms with Crippen molar-refractivity contribution in [1.82, 2.24) is 30.4 Å². The molecular formula is C13H15N7O2S. The molecule has 120 valence electrons. The summed E-state index contributed by atoms with van der Waals surface area (Å²) in [4.78, 5) is 0.185. The molecule has 2 aromatic heterocycles. The van der Waals surface area contributed by atoms with E-state index in [0.29, 0.717) is 28.5 Å². The maximum atomic E-state index is 12.6. The van der Waals surface area contributed by atoms with Gasteiger partial charge in [0.15, 0.2) is 0 Å². The Balaban J connectivity index is 1.97. The van der Waals surface area contributed by atoms with Gasteiger partial charge in [-0.15, -0.1) is 10.2 Å². The zero-order chi connectivity index (χ0) is 16.6. The number of aryl methyl sites for hydroxylation is 2. The minimum Gasteiger partial charge on any atom is -0.279 e. The van der Waals surface area contributed by atoms with Gasteiger partial charge in [-0.2, -0.15) is 10.3 Å². The maximum Gasteiger partial charge on any atom is 0.265 e. The van der Waals surface area contributed by atoms with Crippen LogP contribution >= 0.6 is 0 Å². The Hall–Kier alpha value is -2.75. The van der Waals surface area contributed by atoms with Crippen LogP contribution in [0.5, 0.6) is 0 Å². The largest absolute Gasteiger partial charge is 0.279 e. The zero-order valence-electron chi connectivity index (χ0n) is 12.8.